The molecule has 5 nitrogen and oxygen atoms in total. The highest BCUT2D eigenvalue weighted by atomic mass is 16.5. The fourth-order valence-electron chi connectivity index (χ4n) is 1.48. The molecule has 0 radical (unpaired) electrons. The minimum atomic E-state index is -0.409. The van der Waals surface area contributed by atoms with Crippen LogP contribution < -0.4 is 5.73 Å². The summed E-state index contributed by atoms with van der Waals surface area (Å²) in [5.41, 5.74) is 6.10. The molecule has 0 aliphatic rings. The summed E-state index contributed by atoms with van der Waals surface area (Å²) >= 11 is 0. The lowest BCUT2D eigenvalue weighted by molar-refractivity contribution is 0.0528. The van der Waals surface area contributed by atoms with E-state index in [1.54, 1.807) is 25.4 Å². The lowest BCUT2D eigenvalue weighted by atomic mass is 10.1. The highest BCUT2D eigenvalue weighted by Crippen LogP contribution is 2.21. The Balaban J connectivity index is 2.63. The van der Waals surface area contributed by atoms with E-state index in [-0.39, 0.29) is 0 Å². The summed E-state index contributed by atoms with van der Waals surface area (Å²) in [6.45, 7) is 2.08. The van der Waals surface area contributed by atoms with Crippen LogP contribution in [0.1, 0.15) is 17.3 Å². The third kappa shape index (κ3) is 1.67. The van der Waals surface area contributed by atoms with Crippen molar-refractivity contribution in [3.8, 4) is 0 Å². The standard InChI is InChI=1S/C11H11N3O2/c1-2-16-11(15)9-6-14-10(12)7-3-4-13-5-8(7)9/h3-6H,2H2,1H3,(H2,12,14). The van der Waals surface area contributed by atoms with Crippen molar-refractivity contribution in [1.29, 1.82) is 0 Å². The van der Waals surface area contributed by atoms with Crippen LogP contribution in [0, 0.1) is 0 Å². The average molecular weight is 217 g/mol. The van der Waals surface area contributed by atoms with E-state index < -0.39 is 5.97 Å². The van der Waals surface area contributed by atoms with Gasteiger partial charge < -0.3 is 10.5 Å². The number of carbonyl (C=O) groups excluding carboxylic acids is 1. The molecule has 0 aromatic carbocycles. The molecule has 2 aromatic rings. The van der Waals surface area contributed by atoms with Gasteiger partial charge in [-0.2, -0.15) is 0 Å². The van der Waals surface area contributed by atoms with Crippen molar-refractivity contribution >= 4 is 22.6 Å². The molecule has 82 valence electrons. The van der Waals surface area contributed by atoms with E-state index in [0.717, 1.165) is 0 Å². The maximum atomic E-state index is 11.6. The number of esters is 1. The van der Waals surface area contributed by atoms with Crippen LogP contribution >= 0.6 is 0 Å². The van der Waals surface area contributed by atoms with Crippen LogP contribution in [0.3, 0.4) is 0 Å². The van der Waals surface area contributed by atoms with Gasteiger partial charge in [-0.15, -0.1) is 0 Å². The number of nitrogen functional groups attached to an aromatic ring is 1. The molecular formula is C11H11N3O2. The molecule has 0 aliphatic carbocycles. The second-order valence-corrected chi connectivity index (χ2v) is 3.20. The zero-order valence-corrected chi connectivity index (χ0v) is 8.80. The number of rotatable bonds is 2. The number of nitrogens with two attached hydrogens (primary N) is 1. The molecule has 0 fully saturated rings. The molecule has 0 bridgehead atoms. The lowest BCUT2D eigenvalue weighted by Crippen LogP contribution is -2.07. The molecule has 0 aliphatic heterocycles. The first-order valence-electron chi connectivity index (χ1n) is 4.89. The number of hydrogen-bond donors (Lipinski definition) is 1. The van der Waals surface area contributed by atoms with Crippen molar-refractivity contribution in [1.82, 2.24) is 9.97 Å². The second-order valence-electron chi connectivity index (χ2n) is 3.20. The van der Waals surface area contributed by atoms with Gasteiger partial charge in [0.05, 0.1) is 12.2 Å². The Hall–Kier alpha value is -2.17. The summed E-state index contributed by atoms with van der Waals surface area (Å²) < 4.78 is 4.93. The smallest absolute Gasteiger partial charge is 0.340 e. The maximum absolute atomic E-state index is 11.6. The van der Waals surface area contributed by atoms with Crippen LogP contribution in [-0.2, 0) is 4.74 Å². The number of hydrogen-bond acceptors (Lipinski definition) is 5. The molecule has 0 spiro atoms. The largest absolute Gasteiger partial charge is 0.462 e. The Bertz CT molecular complexity index is 540. The zero-order valence-electron chi connectivity index (χ0n) is 8.80. The van der Waals surface area contributed by atoms with Crippen LogP contribution in [0.2, 0.25) is 0 Å². The van der Waals surface area contributed by atoms with Crippen molar-refractivity contribution in [2.45, 2.75) is 6.92 Å². The van der Waals surface area contributed by atoms with Crippen LogP contribution in [0.4, 0.5) is 5.82 Å². The molecule has 0 saturated carbocycles. The Morgan fingerprint density at radius 3 is 3.00 bits per heavy atom. The van der Waals surface area contributed by atoms with Gasteiger partial charge in [0, 0.05) is 29.4 Å². The van der Waals surface area contributed by atoms with Crippen LogP contribution in [-0.4, -0.2) is 22.5 Å². The Labute approximate surface area is 92.3 Å². The molecule has 0 saturated heterocycles. The van der Waals surface area contributed by atoms with Gasteiger partial charge in [-0.25, -0.2) is 9.78 Å². The molecule has 2 rings (SSSR count). The second kappa shape index (κ2) is 4.14. The van der Waals surface area contributed by atoms with Crippen molar-refractivity contribution in [3.05, 3.63) is 30.2 Å². The average Bonchev–Trinajstić information content (AvgIpc) is 2.30. The van der Waals surface area contributed by atoms with Crippen molar-refractivity contribution in [2.24, 2.45) is 0 Å². The summed E-state index contributed by atoms with van der Waals surface area (Å²) in [5.74, 6) is -0.0292. The van der Waals surface area contributed by atoms with Crippen molar-refractivity contribution in [2.75, 3.05) is 12.3 Å². The number of carbonyl (C=O) groups is 1. The fraction of sp³-hybridized carbons (Fsp3) is 0.182. The molecule has 5 heteroatoms. The molecule has 0 atom stereocenters. The Morgan fingerprint density at radius 2 is 2.25 bits per heavy atom. The van der Waals surface area contributed by atoms with E-state index in [0.29, 0.717) is 28.8 Å². The fourth-order valence-corrected chi connectivity index (χ4v) is 1.48. The predicted octanol–water partition coefficient (Wildman–Crippen LogP) is 1.39. The minimum absolute atomic E-state index is 0.324. The van der Waals surface area contributed by atoms with E-state index >= 15 is 0 Å². The molecule has 0 amide bonds. The van der Waals surface area contributed by atoms with Crippen LogP contribution in [0.5, 0.6) is 0 Å². The van der Waals surface area contributed by atoms with Gasteiger partial charge in [0.1, 0.15) is 5.82 Å². The zero-order chi connectivity index (χ0) is 11.5. The summed E-state index contributed by atoms with van der Waals surface area (Å²) in [4.78, 5) is 19.6. The van der Waals surface area contributed by atoms with E-state index in [9.17, 15) is 4.79 Å². The number of pyridine rings is 2. The number of aromatic nitrogens is 2. The molecule has 16 heavy (non-hydrogen) atoms. The van der Waals surface area contributed by atoms with Gasteiger partial charge in [-0.05, 0) is 13.0 Å². The Kier molecular flexibility index (Phi) is 2.68. The van der Waals surface area contributed by atoms with Crippen LogP contribution in [0.25, 0.3) is 10.8 Å². The molecule has 2 aromatic heterocycles. The predicted molar refractivity (Wildman–Crippen MR) is 59.9 cm³/mol. The molecule has 2 N–H and O–H groups in total. The maximum Gasteiger partial charge on any atom is 0.340 e. The monoisotopic (exact) mass is 217 g/mol. The summed E-state index contributed by atoms with van der Waals surface area (Å²) in [5, 5.41) is 1.37. The lowest BCUT2D eigenvalue weighted by Gasteiger charge is -2.06. The molecule has 0 unspecified atom stereocenters. The van der Waals surface area contributed by atoms with E-state index in [2.05, 4.69) is 9.97 Å². The number of anilines is 1. The first kappa shape index (κ1) is 10.4. The van der Waals surface area contributed by atoms with Gasteiger partial charge >= 0.3 is 5.97 Å². The number of fused-ring (bicyclic) bond motifs is 1. The molecular weight excluding hydrogens is 206 g/mol. The van der Waals surface area contributed by atoms with E-state index in [4.69, 9.17) is 10.5 Å². The van der Waals surface area contributed by atoms with Gasteiger partial charge in [0.25, 0.3) is 0 Å². The molecule has 2 heterocycles. The van der Waals surface area contributed by atoms with Gasteiger partial charge in [0.2, 0.25) is 0 Å². The van der Waals surface area contributed by atoms with Gasteiger partial charge in [-0.1, -0.05) is 0 Å². The summed E-state index contributed by atoms with van der Waals surface area (Å²) in [6, 6.07) is 1.72. The van der Waals surface area contributed by atoms with E-state index in [1.807, 2.05) is 0 Å². The Morgan fingerprint density at radius 1 is 1.44 bits per heavy atom. The highest BCUT2D eigenvalue weighted by molar-refractivity contribution is 6.06. The third-order valence-corrected chi connectivity index (χ3v) is 2.22. The minimum Gasteiger partial charge on any atom is -0.462 e. The SMILES string of the molecule is CCOC(=O)c1cnc(N)c2ccncc12. The quantitative estimate of drug-likeness (QED) is 0.769. The van der Waals surface area contributed by atoms with E-state index in [1.165, 1.54) is 6.20 Å². The highest BCUT2D eigenvalue weighted by Gasteiger charge is 2.13. The van der Waals surface area contributed by atoms with Crippen molar-refractivity contribution < 1.29 is 9.53 Å². The van der Waals surface area contributed by atoms with Crippen molar-refractivity contribution in [3.63, 3.8) is 0 Å². The topological polar surface area (TPSA) is 78.1 Å². The summed E-state index contributed by atoms with van der Waals surface area (Å²) in [6.07, 6.45) is 4.60. The first-order chi connectivity index (χ1) is 7.74. The van der Waals surface area contributed by atoms with Crippen LogP contribution in [0.15, 0.2) is 24.7 Å². The summed E-state index contributed by atoms with van der Waals surface area (Å²) in [7, 11) is 0. The first-order valence-corrected chi connectivity index (χ1v) is 4.89. The normalized spacial score (nSPS) is 10.3. The van der Waals surface area contributed by atoms with Gasteiger partial charge in [0.15, 0.2) is 0 Å². The number of nitrogens with zero attached hydrogens (tertiary/aromatic N) is 2. The third-order valence-electron chi connectivity index (χ3n) is 2.22. The number of ether oxygens (including phenoxy) is 1. The van der Waals surface area contributed by atoms with Gasteiger partial charge in [-0.3, -0.25) is 4.98 Å².